The predicted molar refractivity (Wildman–Crippen MR) is 84.1 cm³/mol. The van der Waals surface area contributed by atoms with Gasteiger partial charge in [-0.3, -0.25) is 4.79 Å². The fourth-order valence-electron chi connectivity index (χ4n) is 2.68. The lowest BCUT2D eigenvalue weighted by molar-refractivity contribution is 0.0139. The highest BCUT2D eigenvalue weighted by Crippen LogP contribution is 2.23. The van der Waals surface area contributed by atoms with Gasteiger partial charge in [-0.05, 0) is 31.0 Å². The van der Waals surface area contributed by atoms with Crippen LogP contribution in [0.2, 0.25) is 0 Å². The van der Waals surface area contributed by atoms with Crippen LogP contribution in [0.3, 0.4) is 0 Å². The van der Waals surface area contributed by atoms with Gasteiger partial charge < -0.3 is 20.1 Å². The average molecular weight is 333 g/mol. The molecule has 0 bridgehead atoms. The molecule has 1 fully saturated rings. The molecule has 2 rings (SSSR count). The van der Waals surface area contributed by atoms with Gasteiger partial charge in [0.25, 0.3) is 5.91 Å². The molecule has 0 aromatic heterocycles. The van der Waals surface area contributed by atoms with Crippen molar-refractivity contribution in [1.29, 1.82) is 0 Å². The normalized spacial score (nSPS) is 21.2. The summed E-state index contributed by atoms with van der Waals surface area (Å²) < 4.78 is 23.9. The highest BCUT2D eigenvalue weighted by atomic mass is 35.5. The summed E-state index contributed by atoms with van der Waals surface area (Å²) in [7, 11) is 3.05. The molecule has 7 heteroatoms. The van der Waals surface area contributed by atoms with Gasteiger partial charge in [-0.25, -0.2) is 4.39 Å². The number of carbonyl (C=O) groups is 1. The fourth-order valence-corrected chi connectivity index (χ4v) is 2.68. The van der Waals surface area contributed by atoms with Gasteiger partial charge in [-0.2, -0.15) is 0 Å². The maximum absolute atomic E-state index is 13.7. The van der Waals surface area contributed by atoms with Crippen LogP contribution in [0.25, 0.3) is 0 Å². The Balaban J connectivity index is 0.00000242. The van der Waals surface area contributed by atoms with Crippen molar-refractivity contribution in [2.75, 3.05) is 27.3 Å². The van der Waals surface area contributed by atoms with Gasteiger partial charge in [0.15, 0.2) is 11.6 Å². The summed E-state index contributed by atoms with van der Waals surface area (Å²) in [5, 5.41) is 0. The van der Waals surface area contributed by atoms with Crippen LogP contribution in [0, 0.1) is 5.82 Å². The summed E-state index contributed by atoms with van der Waals surface area (Å²) in [6.07, 6.45) is 1.59. The molecule has 1 heterocycles. The zero-order chi connectivity index (χ0) is 15.4. The largest absolute Gasteiger partial charge is 0.494 e. The third-order valence-electron chi connectivity index (χ3n) is 3.93. The van der Waals surface area contributed by atoms with Gasteiger partial charge in [0.1, 0.15) is 0 Å². The number of likely N-dealkylation sites (tertiary alicyclic amines) is 1. The van der Waals surface area contributed by atoms with Crippen molar-refractivity contribution in [2.45, 2.75) is 25.0 Å². The van der Waals surface area contributed by atoms with Crippen LogP contribution in [-0.4, -0.2) is 50.3 Å². The van der Waals surface area contributed by atoms with E-state index in [1.165, 1.54) is 19.2 Å². The van der Waals surface area contributed by atoms with E-state index in [0.29, 0.717) is 25.1 Å². The maximum Gasteiger partial charge on any atom is 0.254 e. The van der Waals surface area contributed by atoms with Crippen LogP contribution in [0.5, 0.6) is 5.75 Å². The molecule has 0 radical (unpaired) electrons. The number of halogens is 2. The lowest BCUT2D eigenvalue weighted by Crippen LogP contribution is -2.51. The molecule has 1 amide bonds. The molecule has 0 spiro atoms. The standard InChI is InChI=1S/C15H21FN2O3.ClH/c1-20-12-5-6-18(11(8-12)9-17)15(19)10-3-4-14(21-2)13(16)7-10;/h3-4,7,11-12H,5-6,8-9,17H2,1-2H3;1H. The van der Waals surface area contributed by atoms with E-state index in [-0.39, 0.29) is 36.2 Å². The number of piperidine rings is 1. The molecular weight excluding hydrogens is 311 g/mol. The lowest BCUT2D eigenvalue weighted by atomic mass is 9.98. The number of ether oxygens (including phenoxy) is 2. The Morgan fingerprint density at radius 2 is 2.18 bits per heavy atom. The predicted octanol–water partition coefficient (Wildman–Crippen LogP) is 1.83. The third-order valence-corrected chi connectivity index (χ3v) is 3.93. The minimum absolute atomic E-state index is 0. The highest BCUT2D eigenvalue weighted by Gasteiger charge is 2.31. The molecule has 1 saturated heterocycles. The minimum atomic E-state index is -0.542. The second-order valence-corrected chi connectivity index (χ2v) is 5.12. The topological polar surface area (TPSA) is 64.8 Å². The van der Waals surface area contributed by atoms with Crippen molar-refractivity contribution in [3.05, 3.63) is 29.6 Å². The van der Waals surface area contributed by atoms with Crippen molar-refractivity contribution in [3.63, 3.8) is 0 Å². The maximum atomic E-state index is 13.7. The van der Waals surface area contributed by atoms with E-state index >= 15 is 0 Å². The molecule has 2 N–H and O–H groups in total. The van der Waals surface area contributed by atoms with E-state index in [4.69, 9.17) is 15.2 Å². The van der Waals surface area contributed by atoms with E-state index in [9.17, 15) is 9.18 Å². The number of rotatable bonds is 4. The molecule has 1 aromatic rings. The Morgan fingerprint density at radius 3 is 2.73 bits per heavy atom. The fraction of sp³-hybridized carbons (Fsp3) is 0.533. The van der Waals surface area contributed by atoms with Crippen molar-refractivity contribution >= 4 is 18.3 Å². The SMILES string of the molecule is COc1ccc(C(=O)N2CCC(OC)CC2CN)cc1F.Cl. The molecule has 1 aliphatic rings. The number of amides is 1. The Bertz CT molecular complexity index is 516. The molecule has 22 heavy (non-hydrogen) atoms. The summed E-state index contributed by atoms with van der Waals surface area (Å²) >= 11 is 0. The van der Waals surface area contributed by atoms with Crippen LogP contribution < -0.4 is 10.5 Å². The third kappa shape index (κ3) is 3.88. The molecule has 1 aliphatic heterocycles. The summed E-state index contributed by atoms with van der Waals surface area (Å²) in [4.78, 5) is 14.2. The zero-order valence-electron chi connectivity index (χ0n) is 12.8. The van der Waals surface area contributed by atoms with Gasteiger partial charge in [0.05, 0.1) is 13.2 Å². The van der Waals surface area contributed by atoms with Gasteiger partial charge >= 0.3 is 0 Å². The number of hydrogen-bond acceptors (Lipinski definition) is 4. The second-order valence-electron chi connectivity index (χ2n) is 5.12. The van der Waals surface area contributed by atoms with E-state index in [1.54, 1.807) is 18.1 Å². The summed E-state index contributed by atoms with van der Waals surface area (Å²) in [6, 6.07) is 4.15. The number of nitrogens with zero attached hydrogens (tertiary/aromatic N) is 1. The second kappa shape index (κ2) is 8.31. The Labute approximate surface area is 136 Å². The molecular formula is C15H22ClFN2O3. The van der Waals surface area contributed by atoms with E-state index in [0.717, 1.165) is 6.42 Å². The number of benzene rings is 1. The quantitative estimate of drug-likeness (QED) is 0.913. The van der Waals surface area contributed by atoms with E-state index in [1.807, 2.05) is 0 Å². The molecule has 2 unspecified atom stereocenters. The van der Waals surface area contributed by atoms with Crippen molar-refractivity contribution in [1.82, 2.24) is 4.90 Å². The number of methoxy groups -OCH3 is 2. The van der Waals surface area contributed by atoms with Gasteiger partial charge in [0.2, 0.25) is 0 Å². The number of nitrogens with two attached hydrogens (primary N) is 1. The van der Waals surface area contributed by atoms with E-state index < -0.39 is 5.82 Å². The minimum Gasteiger partial charge on any atom is -0.494 e. The first-order valence-electron chi connectivity index (χ1n) is 6.98. The molecule has 124 valence electrons. The molecule has 5 nitrogen and oxygen atoms in total. The first-order valence-corrected chi connectivity index (χ1v) is 6.98. The molecule has 2 atom stereocenters. The van der Waals surface area contributed by atoms with Crippen LogP contribution >= 0.6 is 12.4 Å². The first kappa shape index (κ1) is 18.7. The average Bonchev–Trinajstić information content (AvgIpc) is 2.53. The van der Waals surface area contributed by atoms with Gasteiger partial charge in [0, 0.05) is 31.8 Å². The zero-order valence-corrected chi connectivity index (χ0v) is 13.6. The lowest BCUT2D eigenvalue weighted by Gasteiger charge is -2.38. The van der Waals surface area contributed by atoms with Crippen molar-refractivity contribution in [3.8, 4) is 5.75 Å². The van der Waals surface area contributed by atoms with Gasteiger partial charge in [-0.15, -0.1) is 12.4 Å². The molecule has 1 aromatic carbocycles. The summed E-state index contributed by atoms with van der Waals surface area (Å²) in [6.45, 7) is 0.928. The monoisotopic (exact) mass is 332 g/mol. The van der Waals surface area contributed by atoms with Crippen LogP contribution in [-0.2, 0) is 4.74 Å². The van der Waals surface area contributed by atoms with Crippen LogP contribution in [0.4, 0.5) is 4.39 Å². The molecule has 0 saturated carbocycles. The van der Waals surface area contributed by atoms with Crippen LogP contribution in [0.1, 0.15) is 23.2 Å². The van der Waals surface area contributed by atoms with Crippen molar-refractivity contribution < 1.29 is 18.7 Å². The number of hydrogen-bond donors (Lipinski definition) is 1. The van der Waals surface area contributed by atoms with Gasteiger partial charge in [-0.1, -0.05) is 0 Å². The highest BCUT2D eigenvalue weighted by molar-refractivity contribution is 5.94. The van der Waals surface area contributed by atoms with Crippen LogP contribution in [0.15, 0.2) is 18.2 Å². The first-order chi connectivity index (χ1) is 10.1. The Hall–Kier alpha value is -1.37. The van der Waals surface area contributed by atoms with E-state index in [2.05, 4.69) is 0 Å². The number of carbonyl (C=O) groups excluding carboxylic acids is 1. The smallest absolute Gasteiger partial charge is 0.254 e. The summed E-state index contributed by atoms with van der Waals surface area (Å²) in [5.41, 5.74) is 6.07. The summed E-state index contributed by atoms with van der Waals surface area (Å²) in [5.74, 6) is -0.624. The van der Waals surface area contributed by atoms with Crippen molar-refractivity contribution in [2.24, 2.45) is 5.73 Å². The Kier molecular flexibility index (Phi) is 7.06. The Morgan fingerprint density at radius 1 is 1.45 bits per heavy atom. The molecule has 0 aliphatic carbocycles.